The first-order valence-electron chi connectivity index (χ1n) is 6.13. The van der Waals surface area contributed by atoms with Crippen LogP contribution in [-0.4, -0.2) is 36.6 Å². The van der Waals surface area contributed by atoms with Crippen molar-refractivity contribution in [2.75, 3.05) is 19.0 Å². The molecule has 1 aromatic rings. The van der Waals surface area contributed by atoms with Gasteiger partial charge in [-0.3, -0.25) is 14.9 Å². The van der Waals surface area contributed by atoms with Gasteiger partial charge < -0.3 is 15.4 Å². The maximum Gasteiger partial charge on any atom is 0.296 e. The number of benzene rings is 1. The van der Waals surface area contributed by atoms with Gasteiger partial charge in [0.15, 0.2) is 17.3 Å². The molecule has 1 aliphatic heterocycles. The number of nitrogens with zero attached hydrogens (tertiary/aromatic N) is 1. The second-order valence-corrected chi connectivity index (χ2v) is 4.56. The molecule has 2 rings (SSSR count). The number of carbonyl (C=O) groups excluding carboxylic acids is 1. The van der Waals surface area contributed by atoms with Crippen molar-refractivity contribution >= 4 is 17.3 Å². The number of carbonyl (C=O) groups is 1. The molecule has 114 valence electrons. The summed E-state index contributed by atoms with van der Waals surface area (Å²) in [5.74, 6) is -3.41. The Morgan fingerprint density at radius 3 is 2.81 bits per heavy atom. The van der Waals surface area contributed by atoms with E-state index in [0.29, 0.717) is 19.0 Å². The number of methoxy groups -OCH3 is 1. The Morgan fingerprint density at radius 2 is 2.24 bits per heavy atom. The molecule has 2 unspecified atom stereocenters. The van der Waals surface area contributed by atoms with Crippen molar-refractivity contribution in [3.63, 3.8) is 0 Å². The molecule has 1 amide bonds. The largest absolute Gasteiger partial charge is 0.380 e. The lowest BCUT2D eigenvalue weighted by atomic mass is 10.1. The second-order valence-electron chi connectivity index (χ2n) is 4.56. The highest BCUT2D eigenvalue weighted by molar-refractivity contribution is 5.97. The van der Waals surface area contributed by atoms with Gasteiger partial charge in [-0.1, -0.05) is 0 Å². The lowest BCUT2D eigenvalue weighted by Gasteiger charge is -2.12. The number of nitrogens with one attached hydrogen (secondary N) is 2. The molecular formula is C12H13F2N3O4. The Hall–Kier alpha value is -2.13. The predicted octanol–water partition coefficient (Wildman–Crippen LogP) is 1.19. The number of amides is 1. The second kappa shape index (κ2) is 6.10. The van der Waals surface area contributed by atoms with E-state index in [0.717, 1.165) is 6.07 Å². The van der Waals surface area contributed by atoms with Crippen molar-refractivity contribution < 1.29 is 23.2 Å². The Balaban J connectivity index is 2.21. The van der Waals surface area contributed by atoms with Crippen LogP contribution in [0.4, 0.5) is 20.2 Å². The summed E-state index contributed by atoms with van der Waals surface area (Å²) in [6, 6.07) is 0.753. The van der Waals surface area contributed by atoms with Crippen LogP contribution in [0.1, 0.15) is 6.42 Å². The third-order valence-corrected chi connectivity index (χ3v) is 3.26. The minimum atomic E-state index is -1.46. The van der Waals surface area contributed by atoms with Crippen LogP contribution in [0.3, 0.4) is 0 Å². The highest BCUT2D eigenvalue weighted by Gasteiger charge is 2.32. The monoisotopic (exact) mass is 301 g/mol. The van der Waals surface area contributed by atoms with Crippen LogP contribution in [0.5, 0.6) is 0 Å². The lowest BCUT2D eigenvalue weighted by molar-refractivity contribution is -0.384. The molecule has 0 bridgehead atoms. The Morgan fingerprint density at radius 1 is 1.52 bits per heavy atom. The first-order chi connectivity index (χ1) is 9.93. The van der Waals surface area contributed by atoms with E-state index in [4.69, 9.17) is 4.74 Å². The average molecular weight is 301 g/mol. The van der Waals surface area contributed by atoms with E-state index >= 15 is 0 Å². The van der Waals surface area contributed by atoms with Crippen LogP contribution in [0.15, 0.2) is 12.1 Å². The summed E-state index contributed by atoms with van der Waals surface area (Å²) in [7, 11) is 1.49. The van der Waals surface area contributed by atoms with Gasteiger partial charge in [-0.2, -0.15) is 0 Å². The number of hydrogen-bond donors (Lipinski definition) is 2. The number of rotatable bonds is 4. The van der Waals surface area contributed by atoms with Gasteiger partial charge in [-0.05, 0) is 12.5 Å². The van der Waals surface area contributed by atoms with E-state index in [1.54, 1.807) is 0 Å². The van der Waals surface area contributed by atoms with Crippen LogP contribution in [0.25, 0.3) is 0 Å². The van der Waals surface area contributed by atoms with E-state index in [1.807, 2.05) is 0 Å². The van der Waals surface area contributed by atoms with E-state index in [2.05, 4.69) is 10.6 Å². The normalized spacial score (nSPS) is 21.3. The van der Waals surface area contributed by atoms with E-state index in [9.17, 15) is 23.7 Å². The molecule has 2 atom stereocenters. The van der Waals surface area contributed by atoms with Crippen molar-refractivity contribution in [2.24, 2.45) is 0 Å². The zero-order valence-corrected chi connectivity index (χ0v) is 11.1. The lowest BCUT2D eigenvalue weighted by Crippen LogP contribution is -2.36. The molecule has 1 aromatic carbocycles. The highest BCUT2D eigenvalue weighted by atomic mass is 19.2. The van der Waals surface area contributed by atoms with Crippen LogP contribution in [0, 0.1) is 21.7 Å². The molecule has 1 fully saturated rings. The van der Waals surface area contributed by atoms with Gasteiger partial charge in [0.05, 0.1) is 17.1 Å². The molecule has 1 saturated heterocycles. The third-order valence-electron chi connectivity index (χ3n) is 3.26. The van der Waals surface area contributed by atoms with Crippen molar-refractivity contribution in [2.45, 2.75) is 18.6 Å². The van der Waals surface area contributed by atoms with Gasteiger partial charge in [0.1, 0.15) is 0 Å². The maximum absolute atomic E-state index is 13.7. The highest BCUT2D eigenvalue weighted by Crippen LogP contribution is 2.29. The molecule has 1 aliphatic rings. The summed E-state index contributed by atoms with van der Waals surface area (Å²) in [5.41, 5.74) is -1.48. The molecular weight excluding hydrogens is 288 g/mol. The summed E-state index contributed by atoms with van der Waals surface area (Å²) in [6.45, 7) is 0.433. The first kappa shape index (κ1) is 15.3. The molecule has 0 aliphatic carbocycles. The summed E-state index contributed by atoms with van der Waals surface area (Å²) < 4.78 is 31.9. The van der Waals surface area contributed by atoms with Crippen LogP contribution < -0.4 is 10.6 Å². The number of nitro groups is 1. The molecule has 7 nitrogen and oxygen atoms in total. The SMILES string of the molecule is COC1CNC(C(=O)Nc2c([N+](=O)[O-])ccc(F)c2F)C1. The topological polar surface area (TPSA) is 93.5 Å². The molecule has 0 saturated carbocycles. The Labute approximate surface area is 118 Å². The molecule has 0 spiro atoms. The molecule has 0 radical (unpaired) electrons. The van der Waals surface area contributed by atoms with Crippen LogP contribution in [-0.2, 0) is 9.53 Å². The first-order valence-corrected chi connectivity index (χ1v) is 6.13. The number of halogens is 2. The maximum atomic E-state index is 13.7. The fourth-order valence-corrected chi connectivity index (χ4v) is 2.10. The van der Waals surface area contributed by atoms with Gasteiger partial charge in [-0.15, -0.1) is 0 Å². The standard InChI is InChI=1S/C12H13F2N3O4/c1-21-6-4-8(15-5-6)12(18)16-11-9(17(19)20)3-2-7(13)10(11)14/h2-3,6,8,15H,4-5H2,1H3,(H,16,18). The van der Waals surface area contributed by atoms with Gasteiger partial charge >= 0.3 is 0 Å². The smallest absolute Gasteiger partial charge is 0.296 e. The molecule has 0 aromatic heterocycles. The Kier molecular flexibility index (Phi) is 4.43. The van der Waals surface area contributed by atoms with Crippen LogP contribution in [0.2, 0.25) is 0 Å². The van der Waals surface area contributed by atoms with Crippen molar-refractivity contribution in [1.82, 2.24) is 5.32 Å². The third kappa shape index (κ3) is 3.14. The summed E-state index contributed by atoms with van der Waals surface area (Å²) in [5, 5.41) is 15.7. The van der Waals surface area contributed by atoms with Crippen molar-refractivity contribution in [1.29, 1.82) is 0 Å². The summed E-state index contributed by atoms with van der Waals surface area (Å²) in [4.78, 5) is 21.9. The van der Waals surface area contributed by atoms with Gasteiger partial charge in [0.2, 0.25) is 5.91 Å². The summed E-state index contributed by atoms with van der Waals surface area (Å²) >= 11 is 0. The number of hydrogen-bond acceptors (Lipinski definition) is 5. The molecule has 21 heavy (non-hydrogen) atoms. The van der Waals surface area contributed by atoms with Gasteiger partial charge in [0, 0.05) is 19.7 Å². The number of anilines is 1. The predicted molar refractivity (Wildman–Crippen MR) is 68.8 cm³/mol. The van der Waals surface area contributed by atoms with Gasteiger partial charge in [-0.25, -0.2) is 8.78 Å². The van der Waals surface area contributed by atoms with E-state index in [1.165, 1.54) is 7.11 Å². The van der Waals surface area contributed by atoms with Gasteiger partial charge in [0.25, 0.3) is 5.69 Å². The van der Waals surface area contributed by atoms with Crippen molar-refractivity contribution in [3.05, 3.63) is 33.9 Å². The average Bonchev–Trinajstić information content (AvgIpc) is 2.92. The molecule has 1 heterocycles. The number of nitro benzene ring substituents is 1. The minimum Gasteiger partial charge on any atom is -0.380 e. The van der Waals surface area contributed by atoms with E-state index < -0.39 is 39.9 Å². The van der Waals surface area contributed by atoms with Crippen LogP contribution >= 0.6 is 0 Å². The Bertz CT molecular complexity index is 582. The fourth-order valence-electron chi connectivity index (χ4n) is 2.10. The zero-order chi connectivity index (χ0) is 15.6. The van der Waals surface area contributed by atoms with Crippen molar-refractivity contribution in [3.8, 4) is 0 Å². The molecule has 9 heteroatoms. The minimum absolute atomic E-state index is 0.173. The number of ether oxygens (including phenoxy) is 1. The molecule has 2 N–H and O–H groups in total. The zero-order valence-electron chi connectivity index (χ0n) is 11.1. The fraction of sp³-hybridized carbons (Fsp3) is 0.417. The summed E-state index contributed by atoms with van der Waals surface area (Å²) in [6.07, 6.45) is 0.167. The van der Waals surface area contributed by atoms with E-state index in [-0.39, 0.29) is 6.10 Å². The quantitative estimate of drug-likeness (QED) is 0.643.